The van der Waals surface area contributed by atoms with Crippen molar-refractivity contribution in [2.75, 3.05) is 5.32 Å². The predicted molar refractivity (Wildman–Crippen MR) is 103 cm³/mol. The molecule has 0 bridgehead atoms. The molecule has 1 aromatic heterocycles. The minimum atomic E-state index is -1.08. The Bertz CT molecular complexity index is 779. The molecule has 0 saturated heterocycles. The predicted octanol–water partition coefficient (Wildman–Crippen LogP) is 2.84. The van der Waals surface area contributed by atoms with Gasteiger partial charge >= 0.3 is 12.0 Å². The molecule has 2 aromatic rings. The third-order valence-electron chi connectivity index (χ3n) is 3.70. The molecule has 0 spiro atoms. The van der Waals surface area contributed by atoms with Crippen molar-refractivity contribution in [2.24, 2.45) is 0 Å². The summed E-state index contributed by atoms with van der Waals surface area (Å²) < 4.78 is 0. The van der Waals surface area contributed by atoms with E-state index in [4.69, 9.17) is 0 Å². The smallest absolute Gasteiger partial charge is 0.326 e. The molecular formula is C18H22N4O4S. The van der Waals surface area contributed by atoms with Gasteiger partial charge in [0.25, 0.3) is 5.91 Å². The van der Waals surface area contributed by atoms with Crippen LogP contribution in [-0.2, 0) is 11.3 Å². The van der Waals surface area contributed by atoms with Gasteiger partial charge in [0.1, 0.15) is 11.7 Å². The van der Waals surface area contributed by atoms with Crippen molar-refractivity contribution in [1.82, 2.24) is 15.6 Å². The number of rotatable bonds is 9. The van der Waals surface area contributed by atoms with E-state index < -0.39 is 23.9 Å². The first-order valence-corrected chi connectivity index (χ1v) is 9.45. The number of hydrogen-bond acceptors (Lipinski definition) is 5. The Morgan fingerprint density at radius 3 is 2.63 bits per heavy atom. The topological polar surface area (TPSA) is 120 Å². The highest BCUT2D eigenvalue weighted by atomic mass is 32.1. The highest BCUT2D eigenvalue weighted by Crippen LogP contribution is 2.15. The number of anilines is 1. The fourth-order valence-electron chi connectivity index (χ4n) is 2.25. The highest BCUT2D eigenvalue weighted by Gasteiger charge is 2.21. The van der Waals surface area contributed by atoms with Crippen LogP contribution in [0.3, 0.4) is 0 Å². The maximum atomic E-state index is 12.2. The molecule has 0 aliphatic rings. The summed E-state index contributed by atoms with van der Waals surface area (Å²) in [4.78, 5) is 39.3. The fraction of sp³-hybridized carbons (Fsp3) is 0.333. The molecule has 144 valence electrons. The fourth-order valence-corrected chi connectivity index (χ4v) is 2.94. The molecule has 1 atom stereocenters. The van der Waals surface area contributed by atoms with Gasteiger partial charge in [-0.1, -0.05) is 50.1 Å². The molecule has 0 fully saturated rings. The maximum absolute atomic E-state index is 12.2. The molecule has 0 aliphatic heterocycles. The lowest BCUT2D eigenvalue weighted by molar-refractivity contribution is -0.139. The summed E-state index contributed by atoms with van der Waals surface area (Å²) >= 11 is 1.09. The number of carboxylic acids is 1. The maximum Gasteiger partial charge on any atom is 0.326 e. The molecule has 0 saturated carbocycles. The average molecular weight is 390 g/mol. The number of amides is 3. The molecule has 4 N–H and O–H groups in total. The number of benzene rings is 1. The average Bonchev–Trinajstić information content (AvgIpc) is 3.12. The molecule has 1 heterocycles. The first-order valence-electron chi connectivity index (χ1n) is 8.57. The number of aliphatic carboxylic acids is 1. The van der Waals surface area contributed by atoms with Crippen LogP contribution in [0.2, 0.25) is 0 Å². The number of carbonyl (C=O) groups excluding carboxylic acids is 2. The van der Waals surface area contributed by atoms with Gasteiger partial charge in [-0.25, -0.2) is 14.6 Å². The van der Waals surface area contributed by atoms with Crippen LogP contribution in [0.1, 0.15) is 42.2 Å². The number of urea groups is 1. The lowest BCUT2D eigenvalue weighted by atomic mass is 10.1. The van der Waals surface area contributed by atoms with Gasteiger partial charge in [0.2, 0.25) is 0 Å². The minimum Gasteiger partial charge on any atom is -0.480 e. The third-order valence-corrected chi connectivity index (χ3v) is 4.46. The van der Waals surface area contributed by atoms with Gasteiger partial charge in [0.15, 0.2) is 5.13 Å². The summed E-state index contributed by atoms with van der Waals surface area (Å²) in [5.41, 5.74) is 1.03. The molecule has 27 heavy (non-hydrogen) atoms. The van der Waals surface area contributed by atoms with E-state index in [-0.39, 0.29) is 10.8 Å². The summed E-state index contributed by atoms with van der Waals surface area (Å²) in [5.74, 6) is -1.65. The molecule has 3 amide bonds. The van der Waals surface area contributed by atoms with Crippen molar-refractivity contribution in [2.45, 2.75) is 38.8 Å². The van der Waals surface area contributed by atoms with E-state index >= 15 is 0 Å². The quantitative estimate of drug-likeness (QED) is 0.525. The normalized spacial score (nSPS) is 11.4. The number of aromatic nitrogens is 1. The van der Waals surface area contributed by atoms with Crippen LogP contribution in [0, 0.1) is 0 Å². The number of thiazole rings is 1. The lowest BCUT2D eigenvalue weighted by Crippen LogP contribution is -2.40. The van der Waals surface area contributed by atoms with Crippen LogP contribution in [0.5, 0.6) is 0 Å². The number of nitrogens with one attached hydrogen (secondary N) is 3. The van der Waals surface area contributed by atoms with Gasteiger partial charge in [-0.2, -0.15) is 0 Å². The van der Waals surface area contributed by atoms with Crippen molar-refractivity contribution in [3.8, 4) is 0 Å². The van der Waals surface area contributed by atoms with Crippen molar-refractivity contribution in [1.29, 1.82) is 0 Å². The van der Waals surface area contributed by atoms with Crippen LogP contribution in [0.25, 0.3) is 0 Å². The van der Waals surface area contributed by atoms with E-state index in [0.29, 0.717) is 19.4 Å². The van der Waals surface area contributed by atoms with Crippen LogP contribution >= 0.6 is 11.3 Å². The third kappa shape index (κ3) is 6.70. The Kier molecular flexibility index (Phi) is 7.75. The van der Waals surface area contributed by atoms with Gasteiger partial charge in [-0.15, -0.1) is 11.3 Å². The number of hydrogen-bond donors (Lipinski definition) is 4. The van der Waals surface area contributed by atoms with E-state index in [1.54, 1.807) is 0 Å². The van der Waals surface area contributed by atoms with Gasteiger partial charge < -0.3 is 15.7 Å². The largest absolute Gasteiger partial charge is 0.480 e. The van der Waals surface area contributed by atoms with Gasteiger partial charge in [0.05, 0.1) is 0 Å². The molecule has 1 unspecified atom stereocenters. The molecular weight excluding hydrogens is 368 g/mol. The zero-order valence-corrected chi connectivity index (χ0v) is 15.7. The van der Waals surface area contributed by atoms with E-state index in [9.17, 15) is 19.5 Å². The number of nitrogens with zero attached hydrogens (tertiary/aromatic N) is 1. The van der Waals surface area contributed by atoms with Crippen LogP contribution in [0.4, 0.5) is 9.93 Å². The van der Waals surface area contributed by atoms with E-state index in [1.807, 2.05) is 37.3 Å². The Balaban J connectivity index is 1.86. The Morgan fingerprint density at radius 2 is 1.96 bits per heavy atom. The summed E-state index contributed by atoms with van der Waals surface area (Å²) in [6.45, 7) is 2.31. The second-order valence-electron chi connectivity index (χ2n) is 5.84. The van der Waals surface area contributed by atoms with Gasteiger partial charge in [-0.3, -0.25) is 10.1 Å². The van der Waals surface area contributed by atoms with Crippen molar-refractivity contribution >= 4 is 34.4 Å². The highest BCUT2D eigenvalue weighted by molar-refractivity contribution is 7.14. The Morgan fingerprint density at radius 1 is 1.22 bits per heavy atom. The Labute approximate surface area is 161 Å². The van der Waals surface area contributed by atoms with Crippen LogP contribution in [0.15, 0.2) is 35.7 Å². The van der Waals surface area contributed by atoms with Crippen LogP contribution < -0.4 is 16.0 Å². The SMILES string of the molecule is CCCCC(NC(=O)c1csc(NC(=O)NCc2ccccc2)n1)C(=O)O. The molecule has 0 aliphatic carbocycles. The van der Waals surface area contributed by atoms with Crippen molar-refractivity contribution in [3.05, 3.63) is 47.0 Å². The Hall–Kier alpha value is -2.94. The minimum absolute atomic E-state index is 0.0705. The lowest BCUT2D eigenvalue weighted by Gasteiger charge is -2.12. The molecule has 0 radical (unpaired) electrons. The number of carbonyl (C=O) groups is 3. The number of unbranched alkanes of at least 4 members (excludes halogenated alkanes) is 1. The summed E-state index contributed by atoms with van der Waals surface area (Å²) in [7, 11) is 0. The first-order chi connectivity index (χ1) is 13.0. The zero-order chi connectivity index (χ0) is 19.6. The van der Waals surface area contributed by atoms with Gasteiger partial charge in [-0.05, 0) is 12.0 Å². The first kappa shape index (κ1) is 20.4. The van der Waals surface area contributed by atoms with E-state index in [2.05, 4.69) is 20.9 Å². The summed E-state index contributed by atoms with van der Waals surface area (Å²) in [5, 5.41) is 18.6. The van der Waals surface area contributed by atoms with E-state index in [1.165, 1.54) is 5.38 Å². The standard InChI is InChI=1S/C18H22N4O4S/c1-2-3-9-13(16(24)25)20-15(23)14-11-27-18(21-14)22-17(26)19-10-12-7-5-4-6-8-12/h4-8,11,13H,2-3,9-10H2,1H3,(H,20,23)(H,24,25)(H2,19,21,22,26). The van der Waals surface area contributed by atoms with Crippen molar-refractivity contribution in [3.63, 3.8) is 0 Å². The van der Waals surface area contributed by atoms with E-state index in [0.717, 1.165) is 23.3 Å². The number of carboxylic acid groups (broad SMARTS) is 1. The van der Waals surface area contributed by atoms with Gasteiger partial charge in [0, 0.05) is 11.9 Å². The monoisotopic (exact) mass is 390 g/mol. The van der Waals surface area contributed by atoms with Crippen molar-refractivity contribution < 1.29 is 19.5 Å². The molecule has 8 nitrogen and oxygen atoms in total. The summed E-state index contributed by atoms with van der Waals surface area (Å²) in [6.07, 6.45) is 1.89. The summed E-state index contributed by atoms with van der Waals surface area (Å²) in [6, 6.07) is 8.05. The molecule has 2 rings (SSSR count). The molecule has 9 heteroatoms. The second-order valence-corrected chi connectivity index (χ2v) is 6.70. The van der Waals surface area contributed by atoms with Crippen LogP contribution in [-0.4, -0.2) is 34.0 Å². The zero-order valence-electron chi connectivity index (χ0n) is 14.9. The molecule has 1 aromatic carbocycles. The second kappa shape index (κ2) is 10.3.